The van der Waals surface area contributed by atoms with E-state index in [1.165, 1.54) is 25.0 Å². The fraction of sp³-hybridized carbons (Fsp3) is 0.438. The quantitative estimate of drug-likeness (QED) is 0.941. The molecule has 1 saturated heterocycles. The summed E-state index contributed by atoms with van der Waals surface area (Å²) in [5, 5.41) is 11.2. The molecule has 1 atom stereocenters. The zero-order valence-electron chi connectivity index (χ0n) is 12.7. The molecule has 1 aliphatic heterocycles. The van der Waals surface area contributed by atoms with Gasteiger partial charge in [0, 0.05) is 19.6 Å². The van der Waals surface area contributed by atoms with Crippen LogP contribution < -0.4 is 10.2 Å². The van der Waals surface area contributed by atoms with Crippen molar-refractivity contribution < 1.29 is 4.39 Å². The Morgan fingerprint density at radius 1 is 1.32 bits per heavy atom. The molecule has 2 heterocycles. The summed E-state index contributed by atoms with van der Waals surface area (Å²) in [6, 6.07) is 6.38. The Morgan fingerprint density at radius 3 is 2.91 bits per heavy atom. The predicted molar refractivity (Wildman–Crippen MR) is 84.2 cm³/mol. The number of benzene rings is 1. The molecule has 1 unspecified atom stereocenters. The lowest BCUT2D eigenvalue weighted by molar-refractivity contribution is 0.444. The van der Waals surface area contributed by atoms with Crippen molar-refractivity contribution in [3.8, 4) is 0 Å². The van der Waals surface area contributed by atoms with Crippen LogP contribution in [0.5, 0.6) is 0 Å². The summed E-state index contributed by atoms with van der Waals surface area (Å²) in [6.45, 7) is 4.83. The van der Waals surface area contributed by atoms with Gasteiger partial charge in [0.15, 0.2) is 5.82 Å². The van der Waals surface area contributed by atoms with E-state index < -0.39 is 0 Å². The van der Waals surface area contributed by atoms with Crippen LogP contribution in [-0.2, 0) is 6.54 Å². The van der Waals surface area contributed by atoms with Gasteiger partial charge in [-0.1, -0.05) is 19.1 Å². The molecule has 5 nitrogen and oxygen atoms in total. The molecule has 1 aromatic carbocycles. The average Bonchev–Trinajstić information content (AvgIpc) is 2.55. The molecular formula is C16H20FN5. The Kier molecular flexibility index (Phi) is 4.46. The first kappa shape index (κ1) is 14.7. The van der Waals surface area contributed by atoms with Gasteiger partial charge in [-0.15, -0.1) is 5.10 Å². The number of hydrogen-bond donors (Lipinski definition) is 1. The van der Waals surface area contributed by atoms with E-state index in [2.05, 4.69) is 32.3 Å². The van der Waals surface area contributed by atoms with Gasteiger partial charge in [-0.05, 0) is 36.5 Å². The molecule has 1 aliphatic rings. The number of halogens is 1. The van der Waals surface area contributed by atoms with Crippen molar-refractivity contribution in [2.75, 3.05) is 23.3 Å². The highest BCUT2D eigenvalue weighted by Gasteiger charge is 2.18. The summed E-state index contributed by atoms with van der Waals surface area (Å²) in [5.41, 5.74) is 0.974. The third-order valence-corrected chi connectivity index (χ3v) is 3.89. The summed E-state index contributed by atoms with van der Waals surface area (Å²) in [5.74, 6) is 1.81. The van der Waals surface area contributed by atoms with Gasteiger partial charge < -0.3 is 10.2 Å². The number of anilines is 2. The highest BCUT2D eigenvalue weighted by Crippen LogP contribution is 2.21. The van der Waals surface area contributed by atoms with Gasteiger partial charge in [-0.2, -0.15) is 10.1 Å². The van der Waals surface area contributed by atoms with Crippen molar-refractivity contribution in [1.82, 2.24) is 15.2 Å². The fourth-order valence-electron chi connectivity index (χ4n) is 2.70. The highest BCUT2D eigenvalue weighted by atomic mass is 19.1. The smallest absolute Gasteiger partial charge is 0.244 e. The van der Waals surface area contributed by atoms with Gasteiger partial charge in [-0.3, -0.25) is 0 Å². The summed E-state index contributed by atoms with van der Waals surface area (Å²) in [6.07, 6.45) is 4.16. The molecule has 1 fully saturated rings. The van der Waals surface area contributed by atoms with E-state index in [4.69, 9.17) is 0 Å². The second-order valence-electron chi connectivity index (χ2n) is 5.81. The maximum Gasteiger partial charge on any atom is 0.244 e. The van der Waals surface area contributed by atoms with Crippen LogP contribution in [0.25, 0.3) is 0 Å². The highest BCUT2D eigenvalue weighted by molar-refractivity contribution is 5.41. The largest absolute Gasteiger partial charge is 0.355 e. The zero-order chi connectivity index (χ0) is 15.4. The van der Waals surface area contributed by atoms with Gasteiger partial charge in [0.05, 0.1) is 6.20 Å². The van der Waals surface area contributed by atoms with Crippen LogP contribution in [0.2, 0.25) is 0 Å². The maximum atomic E-state index is 12.9. The number of aromatic nitrogens is 3. The van der Waals surface area contributed by atoms with Crippen LogP contribution in [0.4, 0.5) is 16.2 Å². The summed E-state index contributed by atoms with van der Waals surface area (Å²) in [4.78, 5) is 6.79. The standard InChI is InChI=1S/C16H20FN5/c1-12-3-2-8-22(11-12)15-10-19-21-16(20-15)18-9-13-4-6-14(17)7-5-13/h4-7,10,12H,2-3,8-9,11H2,1H3,(H,18,20,21). The molecular weight excluding hydrogens is 281 g/mol. The summed E-state index contributed by atoms with van der Waals surface area (Å²) >= 11 is 0. The third-order valence-electron chi connectivity index (χ3n) is 3.89. The molecule has 0 radical (unpaired) electrons. The minimum Gasteiger partial charge on any atom is -0.355 e. The first-order chi connectivity index (χ1) is 10.7. The van der Waals surface area contributed by atoms with E-state index in [0.29, 0.717) is 18.4 Å². The fourth-order valence-corrected chi connectivity index (χ4v) is 2.70. The zero-order valence-corrected chi connectivity index (χ0v) is 12.7. The maximum absolute atomic E-state index is 12.9. The number of hydrogen-bond acceptors (Lipinski definition) is 5. The van der Waals surface area contributed by atoms with Crippen LogP contribution >= 0.6 is 0 Å². The van der Waals surface area contributed by atoms with Gasteiger partial charge in [0.1, 0.15) is 5.82 Å². The second-order valence-corrected chi connectivity index (χ2v) is 5.81. The van der Waals surface area contributed by atoms with Gasteiger partial charge in [0.25, 0.3) is 0 Å². The number of rotatable bonds is 4. The first-order valence-electron chi connectivity index (χ1n) is 7.64. The van der Waals surface area contributed by atoms with Crippen molar-refractivity contribution >= 4 is 11.8 Å². The Morgan fingerprint density at radius 2 is 2.14 bits per heavy atom. The molecule has 1 N–H and O–H groups in total. The Hall–Kier alpha value is -2.24. The average molecular weight is 301 g/mol. The SMILES string of the molecule is CC1CCCN(c2cnnc(NCc3ccc(F)cc3)n2)C1. The van der Waals surface area contributed by atoms with E-state index in [0.717, 1.165) is 24.5 Å². The molecule has 22 heavy (non-hydrogen) atoms. The van der Waals surface area contributed by atoms with Crippen molar-refractivity contribution in [1.29, 1.82) is 0 Å². The van der Waals surface area contributed by atoms with Crippen LogP contribution in [0, 0.1) is 11.7 Å². The monoisotopic (exact) mass is 301 g/mol. The molecule has 0 bridgehead atoms. The molecule has 3 rings (SSSR count). The van der Waals surface area contributed by atoms with Crippen molar-refractivity contribution in [3.63, 3.8) is 0 Å². The lowest BCUT2D eigenvalue weighted by Crippen LogP contribution is -2.35. The van der Waals surface area contributed by atoms with E-state index >= 15 is 0 Å². The van der Waals surface area contributed by atoms with E-state index in [-0.39, 0.29) is 5.82 Å². The van der Waals surface area contributed by atoms with Gasteiger partial charge in [-0.25, -0.2) is 4.39 Å². The van der Waals surface area contributed by atoms with Gasteiger partial charge in [0.2, 0.25) is 5.95 Å². The summed E-state index contributed by atoms with van der Waals surface area (Å²) < 4.78 is 12.9. The van der Waals surface area contributed by atoms with Crippen LogP contribution in [0.15, 0.2) is 30.5 Å². The molecule has 0 spiro atoms. The molecule has 6 heteroatoms. The van der Waals surface area contributed by atoms with Crippen LogP contribution in [0.1, 0.15) is 25.3 Å². The second kappa shape index (κ2) is 6.68. The minimum atomic E-state index is -0.233. The molecule has 0 saturated carbocycles. The Bertz CT molecular complexity index is 616. The normalized spacial score (nSPS) is 18.3. The first-order valence-corrected chi connectivity index (χ1v) is 7.64. The Balaban J connectivity index is 1.64. The number of piperidine rings is 1. The van der Waals surface area contributed by atoms with Crippen molar-refractivity contribution in [2.24, 2.45) is 5.92 Å². The molecule has 0 aliphatic carbocycles. The van der Waals surface area contributed by atoms with E-state index in [9.17, 15) is 4.39 Å². The molecule has 0 amide bonds. The van der Waals surface area contributed by atoms with Crippen LogP contribution in [-0.4, -0.2) is 28.3 Å². The predicted octanol–water partition coefficient (Wildman–Crippen LogP) is 2.86. The third kappa shape index (κ3) is 3.69. The number of nitrogens with zero attached hydrogens (tertiary/aromatic N) is 4. The molecule has 2 aromatic rings. The van der Waals surface area contributed by atoms with Crippen LogP contribution in [0.3, 0.4) is 0 Å². The van der Waals surface area contributed by atoms with E-state index in [1.54, 1.807) is 18.3 Å². The lowest BCUT2D eigenvalue weighted by Gasteiger charge is -2.31. The van der Waals surface area contributed by atoms with Crippen molar-refractivity contribution in [2.45, 2.75) is 26.3 Å². The Labute approximate surface area is 129 Å². The van der Waals surface area contributed by atoms with Crippen molar-refractivity contribution in [3.05, 3.63) is 41.8 Å². The molecule has 116 valence electrons. The van der Waals surface area contributed by atoms with E-state index in [1.807, 2.05) is 0 Å². The topological polar surface area (TPSA) is 53.9 Å². The number of nitrogens with one attached hydrogen (secondary N) is 1. The summed E-state index contributed by atoms with van der Waals surface area (Å²) in [7, 11) is 0. The minimum absolute atomic E-state index is 0.233. The molecule has 1 aromatic heterocycles. The van der Waals surface area contributed by atoms with Gasteiger partial charge >= 0.3 is 0 Å². The lowest BCUT2D eigenvalue weighted by atomic mass is 10.0.